The van der Waals surface area contributed by atoms with E-state index in [2.05, 4.69) is 5.32 Å². The Hall–Kier alpha value is -1.95. The minimum Gasteiger partial charge on any atom is -0.448 e. The Labute approximate surface area is 179 Å². The van der Waals surface area contributed by atoms with E-state index >= 15 is 0 Å². The standard InChI is InChI=1S/C19H41N7O4/c20-9-3-1-7-15(14-30-19(24)29)25-17(27)13-26(12-6-5-11-22)18(28)16(23)8-2-4-10-21/h15-16H,1-14,20-23H2,(H2,24,29)(H,25,27)/t15-,16+/m1/s1. The molecule has 0 radical (unpaired) electrons. The Kier molecular flexibility index (Phi) is 16.7. The summed E-state index contributed by atoms with van der Waals surface area (Å²) in [5, 5.41) is 2.81. The van der Waals surface area contributed by atoms with Crippen molar-refractivity contribution < 1.29 is 19.1 Å². The summed E-state index contributed by atoms with van der Waals surface area (Å²) in [5.74, 6) is -0.622. The summed E-state index contributed by atoms with van der Waals surface area (Å²) in [6.07, 6.45) is 4.68. The second kappa shape index (κ2) is 17.9. The van der Waals surface area contributed by atoms with Gasteiger partial charge in [-0.25, -0.2) is 4.79 Å². The fraction of sp³-hybridized carbons (Fsp3) is 0.842. The summed E-state index contributed by atoms with van der Waals surface area (Å²) < 4.78 is 4.83. The molecule has 11 N–H and O–H groups in total. The van der Waals surface area contributed by atoms with E-state index in [-0.39, 0.29) is 25.0 Å². The van der Waals surface area contributed by atoms with Crippen LogP contribution in [0.25, 0.3) is 0 Å². The van der Waals surface area contributed by atoms with Gasteiger partial charge < -0.3 is 43.6 Å². The van der Waals surface area contributed by atoms with Crippen molar-refractivity contribution in [3.05, 3.63) is 0 Å². The van der Waals surface area contributed by atoms with Crippen LogP contribution in [-0.2, 0) is 14.3 Å². The van der Waals surface area contributed by atoms with E-state index in [1.807, 2.05) is 0 Å². The lowest BCUT2D eigenvalue weighted by molar-refractivity contribution is -0.137. The minimum absolute atomic E-state index is 0.0363. The number of unbranched alkanes of at least 4 members (excludes halogenated alkanes) is 3. The number of ether oxygens (including phenoxy) is 1. The first-order chi connectivity index (χ1) is 14.3. The third-order valence-electron chi connectivity index (χ3n) is 4.61. The fourth-order valence-electron chi connectivity index (χ4n) is 2.94. The number of nitrogens with one attached hydrogen (secondary N) is 1. The molecule has 0 aliphatic carbocycles. The molecule has 30 heavy (non-hydrogen) atoms. The molecule has 0 saturated carbocycles. The van der Waals surface area contributed by atoms with Gasteiger partial charge in [0.25, 0.3) is 0 Å². The minimum atomic E-state index is -0.907. The smallest absolute Gasteiger partial charge is 0.404 e. The second-order valence-corrected chi connectivity index (χ2v) is 7.33. The molecular formula is C19H41N7O4. The number of carbonyl (C=O) groups is 3. The van der Waals surface area contributed by atoms with Crippen molar-refractivity contribution >= 4 is 17.9 Å². The lowest BCUT2D eigenvalue weighted by atomic mass is 10.1. The fourth-order valence-corrected chi connectivity index (χ4v) is 2.94. The van der Waals surface area contributed by atoms with Crippen molar-refractivity contribution in [2.45, 2.75) is 63.5 Å². The van der Waals surface area contributed by atoms with Crippen LogP contribution in [0.15, 0.2) is 0 Å². The summed E-state index contributed by atoms with van der Waals surface area (Å²) in [6, 6.07) is -1.09. The molecule has 0 aromatic heterocycles. The van der Waals surface area contributed by atoms with Gasteiger partial charge in [-0.1, -0.05) is 12.8 Å². The van der Waals surface area contributed by atoms with Crippen molar-refractivity contribution in [2.75, 3.05) is 39.3 Å². The molecule has 0 aliphatic heterocycles. The normalized spacial score (nSPS) is 12.8. The summed E-state index contributed by atoms with van der Waals surface area (Å²) in [6.45, 7) is 1.81. The maximum atomic E-state index is 12.7. The molecule has 176 valence electrons. The van der Waals surface area contributed by atoms with Crippen LogP contribution in [0.3, 0.4) is 0 Å². The van der Waals surface area contributed by atoms with E-state index in [1.165, 1.54) is 4.90 Å². The molecule has 0 bridgehead atoms. The van der Waals surface area contributed by atoms with Crippen LogP contribution in [0, 0.1) is 0 Å². The monoisotopic (exact) mass is 431 g/mol. The Bertz CT molecular complexity index is 494. The Morgan fingerprint density at radius 1 is 0.867 bits per heavy atom. The first-order valence-electron chi connectivity index (χ1n) is 10.7. The highest BCUT2D eigenvalue weighted by atomic mass is 16.5. The molecule has 0 spiro atoms. The molecule has 0 aliphatic rings. The lowest BCUT2D eigenvalue weighted by Crippen LogP contribution is -2.50. The molecule has 0 heterocycles. The van der Waals surface area contributed by atoms with E-state index in [9.17, 15) is 14.4 Å². The molecule has 0 fully saturated rings. The Morgan fingerprint density at radius 3 is 2.00 bits per heavy atom. The summed E-state index contributed by atoms with van der Waals surface area (Å²) in [7, 11) is 0. The number of hydrogen-bond acceptors (Lipinski definition) is 8. The lowest BCUT2D eigenvalue weighted by Gasteiger charge is -2.26. The first-order valence-corrected chi connectivity index (χ1v) is 10.7. The largest absolute Gasteiger partial charge is 0.448 e. The second-order valence-electron chi connectivity index (χ2n) is 7.33. The van der Waals surface area contributed by atoms with Gasteiger partial charge in [0, 0.05) is 6.54 Å². The molecule has 0 aromatic carbocycles. The van der Waals surface area contributed by atoms with Crippen molar-refractivity contribution in [3.8, 4) is 0 Å². The zero-order valence-corrected chi connectivity index (χ0v) is 18.0. The van der Waals surface area contributed by atoms with E-state index in [4.69, 9.17) is 33.4 Å². The predicted octanol–water partition coefficient (Wildman–Crippen LogP) is -1.28. The molecule has 0 aromatic rings. The number of primary amides is 1. The van der Waals surface area contributed by atoms with Crippen LogP contribution in [0.5, 0.6) is 0 Å². The quantitative estimate of drug-likeness (QED) is 0.144. The number of carbonyl (C=O) groups excluding carboxylic acids is 3. The van der Waals surface area contributed by atoms with E-state index < -0.39 is 18.2 Å². The van der Waals surface area contributed by atoms with Crippen molar-refractivity contribution in [3.63, 3.8) is 0 Å². The molecule has 2 atom stereocenters. The van der Waals surface area contributed by atoms with Gasteiger partial charge in [0.1, 0.15) is 6.61 Å². The van der Waals surface area contributed by atoms with Gasteiger partial charge in [-0.15, -0.1) is 0 Å². The molecule has 3 amide bonds. The van der Waals surface area contributed by atoms with Crippen LogP contribution in [0.2, 0.25) is 0 Å². The first kappa shape index (κ1) is 28.1. The van der Waals surface area contributed by atoms with Gasteiger partial charge in [-0.05, 0) is 58.2 Å². The van der Waals surface area contributed by atoms with Crippen molar-refractivity contribution in [1.29, 1.82) is 0 Å². The number of amides is 3. The predicted molar refractivity (Wildman–Crippen MR) is 116 cm³/mol. The average molecular weight is 432 g/mol. The SMILES string of the molecule is NCCCC[C@H](COC(N)=O)NC(=O)CN(CCCCN)C(=O)[C@@H](N)CCCCN. The van der Waals surface area contributed by atoms with Gasteiger partial charge in [-0.3, -0.25) is 9.59 Å². The zero-order valence-electron chi connectivity index (χ0n) is 18.0. The third-order valence-corrected chi connectivity index (χ3v) is 4.61. The Morgan fingerprint density at radius 2 is 1.43 bits per heavy atom. The van der Waals surface area contributed by atoms with Crippen LogP contribution >= 0.6 is 0 Å². The summed E-state index contributed by atoms with van der Waals surface area (Å²) in [5.41, 5.74) is 27.6. The van der Waals surface area contributed by atoms with E-state index in [1.54, 1.807) is 0 Å². The van der Waals surface area contributed by atoms with Gasteiger partial charge >= 0.3 is 6.09 Å². The molecule has 11 nitrogen and oxygen atoms in total. The maximum absolute atomic E-state index is 12.7. The number of nitrogens with zero attached hydrogens (tertiary/aromatic N) is 1. The van der Waals surface area contributed by atoms with Gasteiger partial charge in [0.2, 0.25) is 11.8 Å². The van der Waals surface area contributed by atoms with Gasteiger partial charge in [-0.2, -0.15) is 0 Å². The number of rotatable bonds is 18. The highest BCUT2D eigenvalue weighted by molar-refractivity contribution is 5.87. The molecule has 0 rings (SSSR count). The van der Waals surface area contributed by atoms with Gasteiger partial charge in [0.05, 0.1) is 18.6 Å². The maximum Gasteiger partial charge on any atom is 0.404 e. The van der Waals surface area contributed by atoms with Crippen LogP contribution < -0.4 is 34.0 Å². The Balaban J connectivity index is 4.89. The van der Waals surface area contributed by atoms with E-state index in [0.717, 1.165) is 32.1 Å². The van der Waals surface area contributed by atoms with Crippen LogP contribution in [0.4, 0.5) is 4.79 Å². The van der Waals surface area contributed by atoms with Gasteiger partial charge in [0.15, 0.2) is 0 Å². The summed E-state index contributed by atoms with van der Waals surface area (Å²) in [4.78, 5) is 37.7. The molecule has 11 heteroatoms. The number of nitrogens with two attached hydrogens (primary N) is 5. The average Bonchev–Trinajstić information content (AvgIpc) is 2.70. The summed E-state index contributed by atoms with van der Waals surface area (Å²) >= 11 is 0. The molecule has 0 saturated heterocycles. The van der Waals surface area contributed by atoms with Crippen LogP contribution in [-0.4, -0.2) is 74.2 Å². The molecule has 0 unspecified atom stereocenters. The van der Waals surface area contributed by atoms with Crippen molar-refractivity contribution in [1.82, 2.24) is 10.2 Å². The topological polar surface area (TPSA) is 206 Å². The highest BCUT2D eigenvalue weighted by Crippen LogP contribution is 2.06. The zero-order chi connectivity index (χ0) is 22.8. The van der Waals surface area contributed by atoms with E-state index in [0.29, 0.717) is 45.4 Å². The third kappa shape index (κ3) is 14.1. The highest BCUT2D eigenvalue weighted by Gasteiger charge is 2.24. The van der Waals surface area contributed by atoms with Crippen molar-refractivity contribution in [2.24, 2.45) is 28.7 Å². The number of hydrogen-bond donors (Lipinski definition) is 6. The molecular weight excluding hydrogens is 390 g/mol. The van der Waals surface area contributed by atoms with Crippen LogP contribution in [0.1, 0.15) is 51.4 Å².